The first-order valence-corrected chi connectivity index (χ1v) is 11.4. The van der Waals surface area contributed by atoms with Crippen molar-refractivity contribution in [1.82, 2.24) is 15.5 Å². The van der Waals surface area contributed by atoms with Crippen molar-refractivity contribution in [2.24, 2.45) is 0 Å². The van der Waals surface area contributed by atoms with Gasteiger partial charge in [0.15, 0.2) is 0 Å². The van der Waals surface area contributed by atoms with Crippen LogP contribution >= 0.6 is 11.8 Å². The predicted molar refractivity (Wildman–Crippen MR) is 114 cm³/mol. The fraction of sp³-hybridized carbons (Fsp3) is 0.591. The summed E-state index contributed by atoms with van der Waals surface area (Å²) in [5.41, 5.74) is 1.39. The Morgan fingerprint density at radius 2 is 1.90 bits per heavy atom. The van der Waals surface area contributed by atoms with E-state index >= 15 is 0 Å². The molecule has 6 nitrogen and oxygen atoms in total. The molecule has 1 aliphatic rings. The van der Waals surface area contributed by atoms with Crippen molar-refractivity contribution in [3.05, 3.63) is 35.7 Å². The Hall–Kier alpha value is -2.02. The molecule has 1 saturated carbocycles. The molecule has 0 radical (unpaired) electrons. The zero-order valence-corrected chi connectivity index (χ0v) is 18.4. The van der Waals surface area contributed by atoms with Crippen molar-refractivity contribution < 1.29 is 13.9 Å². The van der Waals surface area contributed by atoms with E-state index in [1.807, 2.05) is 12.1 Å². The van der Waals surface area contributed by atoms with Gasteiger partial charge in [0.2, 0.25) is 11.8 Å². The van der Waals surface area contributed by atoms with Gasteiger partial charge in [-0.3, -0.25) is 4.79 Å². The minimum atomic E-state index is -0.0703. The van der Waals surface area contributed by atoms with Crippen molar-refractivity contribution in [3.8, 4) is 5.75 Å². The van der Waals surface area contributed by atoms with E-state index < -0.39 is 0 Å². The van der Waals surface area contributed by atoms with Gasteiger partial charge in [0.1, 0.15) is 12.4 Å². The molecule has 1 heterocycles. The lowest BCUT2D eigenvalue weighted by atomic mass is 9.87. The van der Waals surface area contributed by atoms with Gasteiger partial charge in [0.25, 0.3) is 5.22 Å². The highest BCUT2D eigenvalue weighted by atomic mass is 32.2. The van der Waals surface area contributed by atoms with Crippen LogP contribution in [0.4, 0.5) is 0 Å². The summed E-state index contributed by atoms with van der Waals surface area (Å²) >= 11 is 1.28. The van der Waals surface area contributed by atoms with Crippen molar-refractivity contribution in [3.63, 3.8) is 0 Å². The third kappa shape index (κ3) is 6.77. The van der Waals surface area contributed by atoms with Crippen LogP contribution in [0.5, 0.6) is 5.75 Å². The van der Waals surface area contributed by atoms with Crippen molar-refractivity contribution >= 4 is 17.7 Å². The van der Waals surface area contributed by atoms with E-state index in [1.54, 1.807) is 0 Å². The molecule has 0 saturated heterocycles. The third-order valence-electron chi connectivity index (χ3n) is 5.12. The van der Waals surface area contributed by atoms with Crippen molar-refractivity contribution in [1.29, 1.82) is 0 Å². The number of benzene rings is 1. The van der Waals surface area contributed by atoms with Gasteiger partial charge < -0.3 is 14.5 Å². The highest BCUT2D eigenvalue weighted by molar-refractivity contribution is 7.99. The van der Waals surface area contributed by atoms with Crippen LogP contribution in [0.15, 0.2) is 33.9 Å². The van der Waals surface area contributed by atoms with Gasteiger partial charge in [-0.25, -0.2) is 0 Å². The quantitative estimate of drug-likeness (QED) is 0.495. The first-order valence-electron chi connectivity index (χ1n) is 10.4. The second kappa shape index (κ2) is 10.1. The van der Waals surface area contributed by atoms with Crippen LogP contribution in [0.1, 0.15) is 70.2 Å². The normalized spacial score (nSPS) is 15.3. The van der Waals surface area contributed by atoms with Crippen molar-refractivity contribution in [2.45, 2.75) is 69.4 Å². The van der Waals surface area contributed by atoms with E-state index in [-0.39, 0.29) is 17.1 Å². The molecule has 1 amide bonds. The van der Waals surface area contributed by atoms with Crippen LogP contribution < -0.4 is 10.1 Å². The standard InChI is InChI=1S/C22H31N3O3S/c1-22(2,3)17-9-11-18(12-10-17)27-14-13-23-19(26)15-29-21-25-24-20(28-21)16-7-5-4-6-8-16/h9-12,16H,4-8,13-15H2,1-3H3,(H,23,26). The summed E-state index contributed by atoms with van der Waals surface area (Å²) < 4.78 is 11.4. The Bertz CT molecular complexity index is 777. The highest BCUT2D eigenvalue weighted by Gasteiger charge is 2.21. The number of thioether (sulfide) groups is 1. The van der Waals surface area contributed by atoms with Gasteiger partial charge in [-0.2, -0.15) is 0 Å². The third-order valence-corrected chi connectivity index (χ3v) is 5.94. The minimum Gasteiger partial charge on any atom is -0.492 e. The van der Waals surface area contributed by atoms with E-state index in [2.05, 4.69) is 48.4 Å². The average molecular weight is 418 g/mol. The van der Waals surface area contributed by atoms with Crippen LogP contribution in [0.3, 0.4) is 0 Å². The number of hydrogen-bond acceptors (Lipinski definition) is 6. The summed E-state index contributed by atoms with van der Waals surface area (Å²) in [5.74, 6) is 2.10. The smallest absolute Gasteiger partial charge is 0.277 e. The van der Waals surface area contributed by atoms with E-state index in [9.17, 15) is 4.79 Å². The van der Waals surface area contributed by atoms with Gasteiger partial charge in [0, 0.05) is 5.92 Å². The molecule has 3 rings (SSSR count). The van der Waals surface area contributed by atoms with Gasteiger partial charge in [-0.15, -0.1) is 10.2 Å². The predicted octanol–water partition coefficient (Wildman–Crippen LogP) is 4.70. The fourth-order valence-electron chi connectivity index (χ4n) is 3.38. The Morgan fingerprint density at radius 1 is 1.17 bits per heavy atom. The number of hydrogen-bond donors (Lipinski definition) is 1. The second-order valence-corrected chi connectivity index (χ2v) is 9.43. The number of carbonyl (C=O) groups is 1. The van der Waals surface area contributed by atoms with E-state index in [0.29, 0.717) is 24.3 Å². The molecule has 7 heteroatoms. The fourth-order valence-corrected chi connectivity index (χ4v) is 3.98. The Balaban J connectivity index is 1.32. The number of nitrogens with zero attached hydrogens (tertiary/aromatic N) is 2. The van der Waals surface area contributed by atoms with Crippen LogP contribution in [-0.4, -0.2) is 35.0 Å². The largest absolute Gasteiger partial charge is 0.492 e. The zero-order chi connectivity index (χ0) is 20.7. The summed E-state index contributed by atoms with van der Waals surface area (Å²) in [6, 6.07) is 8.10. The molecular weight excluding hydrogens is 386 g/mol. The maximum absolute atomic E-state index is 12.0. The minimum absolute atomic E-state index is 0.0703. The molecule has 29 heavy (non-hydrogen) atoms. The highest BCUT2D eigenvalue weighted by Crippen LogP contribution is 2.32. The molecule has 1 fully saturated rings. The number of carbonyl (C=O) groups excluding carboxylic acids is 1. The van der Waals surface area contributed by atoms with Gasteiger partial charge >= 0.3 is 0 Å². The summed E-state index contributed by atoms with van der Waals surface area (Å²) in [6.07, 6.45) is 5.97. The summed E-state index contributed by atoms with van der Waals surface area (Å²) in [6.45, 7) is 7.43. The van der Waals surface area contributed by atoms with E-state index in [1.165, 1.54) is 36.6 Å². The second-order valence-electron chi connectivity index (χ2n) is 8.50. The summed E-state index contributed by atoms with van der Waals surface area (Å²) in [5, 5.41) is 11.5. The molecule has 0 unspecified atom stereocenters. The van der Waals surface area contributed by atoms with E-state index in [0.717, 1.165) is 24.5 Å². The van der Waals surface area contributed by atoms with Gasteiger partial charge in [-0.05, 0) is 36.0 Å². The molecule has 1 N–H and O–H groups in total. The van der Waals surface area contributed by atoms with E-state index in [4.69, 9.17) is 9.15 Å². The topological polar surface area (TPSA) is 77.2 Å². The molecule has 0 bridgehead atoms. The first-order chi connectivity index (χ1) is 13.9. The van der Waals surface area contributed by atoms with Crippen LogP contribution in [-0.2, 0) is 10.2 Å². The average Bonchev–Trinajstić information content (AvgIpc) is 3.19. The number of nitrogens with one attached hydrogen (secondary N) is 1. The van der Waals surface area contributed by atoms with Crippen molar-refractivity contribution in [2.75, 3.05) is 18.9 Å². The molecule has 0 spiro atoms. The Morgan fingerprint density at radius 3 is 2.59 bits per heavy atom. The first kappa shape index (κ1) is 21.7. The number of ether oxygens (including phenoxy) is 1. The van der Waals surface area contributed by atoms with Crippen LogP contribution in [0.25, 0.3) is 0 Å². The lowest BCUT2D eigenvalue weighted by Gasteiger charge is -2.19. The number of amides is 1. The Kier molecular flexibility index (Phi) is 7.58. The van der Waals surface area contributed by atoms with Gasteiger partial charge in [-0.1, -0.05) is 63.9 Å². The number of aromatic nitrogens is 2. The molecule has 1 aromatic heterocycles. The Labute approximate surface area is 177 Å². The van der Waals surface area contributed by atoms with Crippen LogP contribution in [0, 0.1) is 0 Å². The SMILES string of the molecule is CC(C)(C)c1ccc(OCCNC(=O)CSc2nnc(C3CCCCC3)o2)cc1. The monoisotopic (exact) mass is 417 g/mol. The molecule has 158 valence electrons. The molecule has 0 atom stereocenters. The number of rotatable bonds is 8. The molecule has 0 aliphatic heterocycles. The lowest BCUT2D eigenvalue weighted by Crippen LogP contribution is -2.29. The summed E-state index contributed by atoms with van der Waals surface area (Å²) in [4.78, 5) is 12.0. The maximum atomic E-state index is 12.0. The zero-order valence-electron chi connectivity index (χ0n) is 17.6. The van der Waals surface area contributed by atoms with Gasteiger partial charge in [0.05, 0.1) is 12.3 Å². The molecular formula is C22H31N3O3S. The van der Waals surface area contributed by atoms with Crippen LogP contribution in [0.2, 0.25) is 0 Å². The maximum Gasteiger partial charge on any atom is 0.277 e. The molecule has 2 aromatic rings. The lowest BCUT2D eigenvalue weighted by molar-refractivity contribution is -0.118. The molecule has 1 aromatic carbocycles. The summed E-state index contributed by atoms with van der Waals surface area (Å²) in [7, 11) is 0. The molecule has 1 aliphatic carbocycles.